The van der Waals surface area contributed by atoms with E-state index in [1.807, 2.05) is 33.9 Å². The van der Waals surface area contributed by atoms with E-state index in [1.54, 1.807) is 6.20 Å². The second kappa shape index (κ2) is 4.45. The van der Waals surface area contributed by atoms with Crippen LogP contribution in [0.25, 0.3) is 0 Å². The predicted octanol–water partition coefficient (Wildman–Crippen LogP) is 1.08. The van der Waals surface area contributed by atoms with Gasteiger partial charge < -0.3 is 19.8 Å². The highest BCUT2D eigenvalue weighted by Crippen LogP contribution is 2.37. The van der Waals surface area contributed by atoms with Crippen molar-refractivity contribution in [3.8, 4) is 0 Å². The lowest BCUT2D eigenvalue weighted by Gasteiger charge is -2.32. The highest BCUT2D eigenvalue weighted by atomic mass is 16.7. The predicted molar refractivity (Wildman–Crippen MR) is 77.9 cm³/mol. The molecule has 0 atom stereocenters. The lowest BCUT2D eigenvalue weighted by molar-refractivity contribution is 0.00578. The first-order valence-corrected chi connectivity index (χ1v) is 6.98. The number of ether oxygens (including phenoxy) is 1. The number of aromatic nitrogens is 1. The molecule has 1 aromatic heterocycles. The average Bonchev–Trinajstić information content (AvgIpc) is 2.45. The molecule has 2 N–H and O–H groups in total. The van der Waals surface area contributed by atoms with E-state index in [4.69, 9.17) is 19.8 Å². The van der Waals surface area contributed by atoms with Gasteiger partial charge in [-0.2, -0.15) is 0 Å². The fourth-order valence-corrected chi connectivity index (χ4v) is 2.48. The van der Waals surface area contributed by atoms with Gasteiger partial charge in [-0.15, -0.1) is 0 Å². The number of rotatable bonds is 2. The summed E-state index contributed by atoms with van der Waals surface area (Å²) in [7, 11) is -0.446. The second-order valence-corrected chi connectivity index (χ2v) is 6.55. The smallest absolute Gasteiger partial charge is 0.399 e. The van der Waals surface area contributed by atoms with Crippen LogP contribution in [-0.4, -0.2) is 36.5 Å². The molecule has 0 unspecified atom stereocenters. The van der Waals surface area contributed by atoms with Gasteiger partial charge in [0.25, 0.3) is 0 Å². The minimum absolute atomic E-state index is 0.333. The van der Waals surface area contributed by atoms with Crippen LogP contribution in [0.4, 0.5) is 5.69 Å². The molecular weight excluding hydrogens is 255 g/mol. The first kappa shape index (κ1) is 13.9. The number of nitrogen functional groups attached to an aromatic ring is 1. The normalized spacial score (nSPS) is 24.7. The number of nitrogens with zero attached hydrogens (tertiary/aromatic N) is 1. The molecule has 2 saturated heterocycles. The van der Waals surface area contributed by atoms with Crippen molar-refractivity contribution in [1.82, 2.24) is 4.98 Å². The average molecular weight is 276 g/mol. The number of nitrogens with two attached hydrogens (primary N) is 1. The Labute approximate surface area is 119 Å². The Hall–Kier alpha value is -1.11. The maximum Gasteiger partial charge on any atom is 0.497 e. The molecule has 3 heterocycles. The lowest BCUT2D eigenvalue weighted by Crippen LogP contribution is -2.42. The fraction of sp³-hybridized carbons (Fsp3) is 0.643. The standard InChI is InChI=1S/C14H21BN2O3/c1-13(2)14(3,4)20-15(19-13)12-10(9-7-18-8-9)5-17-6-11(12)16/h5-6,9H,7-8,16H2,1-4H3. The Morgan fingerprint density at radius 2 is 1.75 bits per heavy atom. The third kappa shape index (κ3) is 2.03. The third-order valence-electron chi connectivity index (χ3n) is 4.62. The molecule has 108 valence electrons. The van der Waals surface area contributed by atoms with E-state index in [0.717, 1.165) is 11.0 Å². The molecule has 0 aromatic carbocycles. The van der Waals surface area contributed by atoms with Crippen LogP contribution in [0.1, 0.15) is 39.2 Å². The Balaban J connectivity index is 1.99. The summed E-state index contributed by atoms with van der Waals surface area (Å²) in [5, 5.41) is 0. The molecule has 3 rings (SSSR count). The summed E-state index contributed by atoms with van der Waals surface area (Å²) in [4.78, 5) is 4.20. The van der Waals surface area contributed by atoms with Gasteiger partial charge in [0.15, 0.2) is 0 Å². The number of pyridine rings is 1. The van der Waals surface area contributed by atoms with Gasteiger partial charge in [-0.1, -0.05) is 0 Å². The van der Waals surface area contributed by atoms with Crippen molar-refractivity contribution in [3.05, 3.63) is 18.0 Å². The van der Waals surface area contributed by atoms with E-state index >= 15 is 0 Å². The summed E-state index contributed by atoms with van der Waals surface area (Å²) in [6.07, 6.45) is 3.51. The third-order valence-corrected chi connectivity index (χ3v) is 4.62. The molecule has 6 heteroatoms. The fourth-order valence-electron chi connectivity index (χ4n) is 2.48. The minimum atomic E-state index is -0.446. The van der Waals surface area contributed by atoms with Gasteiger partial charge in [-0.3, -0.25) is 4.98 Å². The maximum atomic E-state index is 6.13. The van der Waals surface area contributed by atoms with Crippen LogP contribution in [0.15, 0.2) is 12.4 Å². The maximum absolute atomic E-state index is 6.13. The van der Waals surface area contributed by atoms with Crippen LogP contribution in [-0.2, 0) is 14.0 Å². The van der Waals surface area contributed by atoms with Crippen LogP contribution < -0.4 is 11.2 Å². The topological polar surface area (TPSA) is 66.6 Å². The molecule has 1 aromatic rings. The van der Waals surface area contributed by atoms with Gasteiger partial charge in [-0.25, -0.2) is 0 Å². The minimum Gasteiger partial charge on any atom is -0.399 e. The summed E-state index contributed by atoms with van der Waals surface area (Å²) < 4.78 is 17.5. The van der Waals surface area contributed by atoms with E-state index in [1.165, 1.54) is 0 Å². The van der Waals surface area contributed by atoms with Crippen molar-refractivity contribution in [3.63, 3.8) is 0 Å². The quantitative estimate of drug-likeness (QED) is 0.819. The van der Waals surface area contributed by atoms with Crippen LogP contribution >= 0.6 is 0 Å². The monoisotopic (exact) mass is 276 g/mol. The molecule has 0 spiro atoms. The summed E-state index contributed by atoms with van der Waals surface area (Å²) in [5.41, 5.74) is 7.99. The molecule has 5 nitrogen and oxygen atoms in total. The SMILES string of the molecule is CC1(C)OB(c2c(N)cncc2C2COC2)OC1(C)C. The van der Waals surface area contributed by atoms with Crippen LogP contribution in [0.5, 0.6) is 0 Å². The van der Waals surface area contributed by atoms with Crippen molar-refractivity contribution in [2.24, 2.45) is 0 Å². The lowest BCUT2D eigenvalue weighted by atomic mass is 9.72. The molecule has 0 aliphatic carbocycles. The number of anilines is 1. The number of hydrogen-bond donors (Lipinski definition) is 1. The Kier molecular flexibility index (Phi) is 3.08. The molecule has 0 amide bonds. The van der Waals surface area contributed by atoms with E-state index in [9.17, 15) is 0 Å². The van der Waals surface area contributed by atoms with Crippen LogP contribution in [0, 0.1) is 0 Å². The van der Waals surface area contributed by atoms with Crippen molar-refractivity contribution >= 4 is 18.3 Å². The molecular formula is C14H21BN2O3. The highest BCUT2D eigenvalue weighted by molar-refractivity contribution is 6.64. The van der Waals surface area contributed by atoms with E-state index in [2.05, 4.69) is 4.98 Å². The van der Waals surface area contributed by atoms with Gasteiger partial charge in [0.05, 0.1) is 30.1 Å². The second-order valence-electron chi connectivity index (χ2n) is 6.55. The zero-order chi connectivity index (χ0) is 14.5. The van der Waals surface area contributed by atoms with E-state index in [-0.39, 0.29) is 11.2 Å². The number of hydrogen-bond acceptors (Lipinski definition) is 5. The van der Waals surface area contributed by atoms with E-state index in [0.29, 0.717) is 24.8 Å². The largest absolute Gasteiger partial charge is 0.497 e. The van der Waals surface area contributed by atoms with E-state index < -0.39 is 7.12 Å². The molecule has 2 fully saturated rings. The van der Waals surface area contributed by atoms with Crippen molar-refractivity contribution < 1.29 is 14.0 Å². The van der Waals surface area contributed by atoms with Crippen LogP contribution in [0.2, 0.25) is 0 Å². The summed E-state index contributed by atoms with van der Waals surface area (Å²) in [6, 6.07) is 0. The van der Waals surface area contributed by atoms with Crippen molar-refractivity contribution in [2.45, 2.75) is 44.8 Å². The summed E-state index contributed by atoms with van der Waals surface area (Å²) in [6.45, 7) is 9.56. The van der Waals surface area contributed by atoms with Gasteiger partial charge in [0.2, 0.25) is 0 Å². The molecule has 0 saturated carbocycles. The first-order valence-electron chi connectivity index (χ1n) is 6.98. The molecule has 2 aliphatic rings. The highest BCUT2D eigenvalue weighted by Gasteiger charge is 2.53. The molecule has 20 heavy (non-hydrogen) atoms. The van der Waals surface area contributed by atoms with Gasteiger partial charge >= 0.3 is 7.12 Å². The Morgan fingerprint density at radius 1 is 1.15 bits per heavy atom. The Bertz CT molecular complexity index is 513. The van der Waals surface area contributed by atoms with Gasteiger partial charge in [0, 0.05) is 23.8 Å². The zero-order valence-electron chi connectivity index (χ0n) is 12.5. The first-order chi connectivity index (χ1) is 9.32. The molecule has 0 bridgehead atoms. The molecule has 2 aliphatic heterocycles. The zero-order valence-corrected chi connectivity index (χ0v) is 12.5. The Morgan fingerprint density at radius 3 is 2.25 bits per heavy atom. The van der Waals surface area contributed by atoms with Gasteiger partial charge in [-0.05, 0) is 33.3 Å². The summed E-state index contributed by atoms with van der Waals surface area (Å²) >= 11 is 0. The van der Waals surface area contributed by atoms with Crippen molar-refractivity contribution in [1.29, 1.82) is 0 Å². The molecule has 0 radical (unpaired) electrons. The van der Waals surface area contributed by atoms with Crippen LogP contribution in [0.3, 0.4) is 0 Å². The summed E-state index contributed by atoms with van der Waals surface area (Å²) in [5.74, 6) is 0.333. The van der Waals surface area contributed by atoms with Gasteiger partial charge in [0.1, 0.15) is 0 Å². The van der Waals surface area contributed by atoms with Crippen molar-refractivity contribution in [2.75, 3.05) is 18.9 Å².